The van der Waals surface area contributed by atoms with Crippen LogP contribution in [0.25, 0.3) is 0 Å². The minimum absolute atomic E-state index is 0.378. The lowest BCUT2D eigenvalue weighted by molar-refractivity contribution is -0.138. The summed E-state index contributed by atoms with van der Waals surface area (Å²) in [4.78, 5) is 10.6. The van der Waals surface area contributed by atoms with Gasteiger partial charge in [0.2, 0.25) is 0 Å². The molecule has 1 unspecified atom stereocenters. The highest BCUT2D eigenvalue weighted by atomic mass is 16.6. The molecule has 1 aliphatic heterocycles. The van der Waals surface area contributed by atoms with Crippen LogP contribution in [0, 0.1) is 0 Å². The number of carbonyl (C=O) groups is 1. The quantitative estimate of drug-likeness (QED) is 0.253. The lowest BCUT2D eigenvalue weighted by Crippen LogP contribution is -2.06. The number of rotatable bonds is 8. The molecule has 14 heavy (non-hydrogen) atoms. The number of ether oxygens (including phenoxy) is 3. The van der Waals surface area contributed by atoms with Crippen LogP contribution in [0.1, 0.15) is 12.8 Å². The average Bonchev–Trinajstić information content (AvgIpc) is 2.99. The summed E-state index contributed by atoms with van der Waals surface area (Å²) in [5.74, 6) is -0.378. The highest BCUT2D eigenvalue weighted by Crippen LogP contribution is 2.12. The molecular weight excluding hydrogens is 184 g/mol. The van der Waals surface area contributed by atoms with Crippen molar-refractivity contribution in [3.05, 3.63) is 12.7 Å². The van der Waals surface area contributed by atoms with Gasteiger partial charge in [0.05, 0.1) is 19.3 Å². The van der Waals surface area contributed by atoms with Crippen molar-refractivity contribution >= 4 is 5.97 Å². The van der Waals surface area contributed by atoms with Gasteiger partial charge in [-0.3, -0.25) is 0 Å². The fourth-order valence-electron chi connectivity index (χ4n) is 0.944. The summed E-state index contributed by atoms with van der Waals surface area (Å²) in [5, 5.41) is 0. The Balaban J connectivity index is 1.74. The van der Waals surface area contributed by atoms with Gasteiger partial charge in [0.1, 0.15) is 0 Å². The van der Waals surface area contributed by atoms with Gasteiger partial charge in [0.25, 0.3) is 0 Å². The lowest BCUT2D eigenvalue weighted by atomic mass is 10.3. The zero-order valence-corrected chi connectivity index (χ0v) is 8.24. The van der Waals surface area contributed by atoms with E-state index in [1.165, 1.54) is 0 Å². The second kappa shape index (κ2) is 6.56. The Kier molecular flexibility index (Phi) is 5.25. The molecule has 0 saturated carbocycles. The van der Waals surface area contributed by atoms with Crippen LogP contribution in [0.3, 0.4) is 0 Å². The third-order valence-electron chi connectivity index (χ3n) is 1.83. The molecule has 80 valence electrons. The van der Waals surface area contributed by atoms with Crippen LogP contribution in [-0.2, 0) is 19.0 Å². The normalized spacial score (nSPS) is 19.0. The topological polar surface area (TPSA) is 48.1 Å². The van der Waals surface area contributed by atoms with Crippen molar-refractivity contribution in [2.24, 2.45) is 0 Å². The monoisotopic (exact) mass is 200 g/mol. The van der Waals surface area contributed by atoms with Crippen LogP contribution in [0.2, 0.25) is 0 Å². The fourth-order valence-corrected chi connectivity index (χ4v) is 0.944. The van der Waals surface area contributed by atoms with Gasteiger partial charge < -0.3 is 14.2 Å². The van der Waals surface area contributed by atoms with E-state index >= 15 is 0 Å². The summed E-state index contributed by atoms with van der Waals surface area (Å²) in [6.45, 7) is 5.91. The van der Waals surface area contributed by atoms with E-state index in [4.69, 9.17) is 14.2 Å². The second-order valence-electron chi connectivity index (χ2n) is 3.08. The van der Waals surface area contributed by atoms with Crippen LogP contribution >= 0.6 is 0 Å². The van der Waals surface area contributed by atoms with E-state index in [1.807, 2.05) is 0 Å². The second-order valence-corrected chi connectivity index (χ2v) is 3.08. The first-order valence-electron chi connectivity index (χ1n) is 4.81. The lowest BCUT2D eigenvalue weighted by Gasteiger charge is -2.03. The summed E-state index contributed by atoms with van der Waals surface area (Å²) in [6, 6.07) is 0. The van der Waals surface area contributed by atoms with E-state index in [1.54, 1.807) is 0 Å². The summed E-state index contributed by atoms with van der Waals surface area (Å²) >= 11 is 0. The van der Waals surface area contributed by atoms with Gasteiger partial charge in [-0.15, -0.1) is 0 Å². The Hall–Kier alpha value is -0.870. The third-order valence-corrected chi connectivity index (χ3v) is 1.83. The highest BCUT2D eigenvalue weighted by molar-refractivity contribution is 5.81. The van der Waals surface area contributed by atoms with Crippen LogP contribution in [0.15, 0.2) is 12.7 Å². The number of hydrogen-bond acceptors (Lipinski definition) is 4. The van der Waals surface area contributed by atoms with E-state index in [-0.39, 0.29) is 5.97 Å². The SMILES string of the molecule is C=CC(=O)OCCCOCCC1CO1. The summed E-state index contributed by atoms with van der Waals surface area (Å²) < 4.78 is 15.1. The zero-order chi connectivity index (χ0) is 10.2. The minimum Gasteiger partial charge on any atom is -0.462 e. The van der Waals surface area contributed by atoms with Crippen LogP contribution in [-0.4, -0.2) is 38.5 Å². The first kappa shape index (κ1) is 11.2. The molecule has 0 bridgehead atoms. The predicted molar refractivity (Wildman–Crippen MR) is 50.9 cm³/mol. The molecule has 1 fully saturated rings. The largest absolute Gasteiger partial charge is 0.462 e. The molecule has 4 nitrogen and oxygen atoms in total. The summed E-state index contributed by atoms with van der Waals surface area (Å²) in [6.07, 6.45) is 3.27. The summed E-state index contributed by atoms with van der Waals surface area (Å²) in [7, 11) is 0. The average molecular weight is 200 g/mol. The number of carbonyl (C=O) groups excluding carboxylic acids is 1. The van der Waals surface area contributed by atoms with Crippen molar-refractivity contribution in [2.45, 2.75) is 18.9 Å². The van der Waals surface area contributed by atoms with Crippen LogP contribution in [0.5, 0.6) is 0 Å². The molecule has 0 aromatic carbocycles. The molecule has 0 N–H and O–H groups in total. The smallest absolute Gasteiger partial charge is 0.330 e. The van der Waals surface area contributed by atoms with E-state index in [0.29, 0.717) is 19.3 Å². The van der Waals surface area contributed by atoms with Crippen molar-refractivity contribution in [2.75, 3.05) is 26.4 Å². The van der Waals surface area contributed by atoms with Gasteiger partial charge in [-0.1, -0.05) is 6.58 Å². The maximum Gasteiger partial charge on any atom is 0.330 e. The van der Waals surface area contributed by atoms with Gasteiger partial charge in [-0.25, -0.2) is 4.79 Å². The van der Waals surface area contributed by atoms with Gasteiger partial charge in [-0.05, 0) is 6.42 Å². The number of esters is 1. The molecule has 0 radical (unpaired) electrons. The molecule has 1 saturated heterocycles. The Morgan fingerprint density at radius 2 is 2.29 bits per heavy atom. The number of epoxide rings is 1. The molecule has 0 aromatic rings. The summed E-state index contributed by atoms with van der Waals surface area (Å²) in [5.41, 5.74) is 0. The Bertz CT molecular complexity index is 187. The molecule has 0 aliphatic carbocycles. The molecule has 1 rings (SSSR count). The minimum atomic E-state index is -0.378. The van der Waals surface area contributed by atoms with Crippen LogP contribution < -0.4 is 0 Å². The molecule has 1 atom stereocenters. The van der Waals surface area contributed by atoms with Gasteiger partial charge in [0.15, 0.2) is 0 Å². The van der Waals surface area contributed by atoms with E-state index < -0.39 is 0 Å². The molecule has 0 amide bonds. The van der Waals surface area contributed by atoms with Crippen molar-refractivity contribution in [3.8, 4) is 0 Å². The Morgan fingerprint density at radius 1 is 1.50 bits per heavy atom. The molecule has 1 aliphatic rings. The molecule has 0 aromatic heterocycles. The number of hydrogen-bond donors (Lipinski definition) is 0. The Morgan fingerprint density at radius 3 is 2.93 bits per heavy atom. The van der Waals surface area contributed by atoms with Crippen molar-refractivity contribution in [3.63, 3.8) is 0 Å². The standard InChI is InChI=1S/C10H16O4/c1-2-10(11)13-6-3-5-12-7-4-9-8-14-9/h2,9H,1,3-8H2. The Labute approximate surface area is 83.8 Å². The van der Waals surface area contributed by atoms with Gasteiger partial charge in [0, 0.05) is 25.7 Å². The van der Waals surface area contributed by atoms with E-state index in [2.05, 4.69) is 6.58 Å². The molecule has 1 heterocycles. The molecular formula is C10H16O4. The first-order chi connectivity index (χ1) is 6.83. The van der Waals surface area contributed by atoms with E-state index in [9.17, 15) is 4.79 Å². The fraction of sp³-hybridized carbons (Fsp3) is 0.700. The van der Waals surface area contributed by atoms with Crippen molar-refractivity contribution in [1.82, 2.24) is 0 Å². The maximum absolute atomic E-state index is 10.6. The maximum atomic E-state index is 10.6. The van der Waals surface area contributed by atoms with Gasteiger partial charge >= 0.3 is 5.97 Å². The predicted octanol–water partition coefficient (Wildman–Crippen LogP) is 0.911. The van der Waals surface area contributed by atoms with Crippen LogP contribution in [0.4, 0.5) is 0 Å². The van der Waals surface area contributed by atoms with Gasteiger partial charge in [-0.2, -0.15) is 0 Å². The molecule has 4 heteroatoms. The third kappa shape index (κ3) is 5.72. The van der Waals surface area contributed by atoms with Crippen molar-refractivity contribution < 1.29 is 19.0 Å². The highest BCUT2D eigenvalue weighted by Gasteiger charge is 2.21. The first-order valence-corrected chi connectivity index (χ1v) is 4.81. The van der Waals surface area contributed by atoms with E-state index in [0.717, 1.165) is 32.1 Å². The van der Waals surface area contributed by atoms with Crippen molar-refractivity contribution in [1.29, 1.82) is 0 Å². The zero-order valence-electron chi connectivity index (χ0n) is 8.24. The molecule has 0 spiro atoms.